The Bertz CT molecular complexity index is 1520. The van der Waals surface area contributed by atoms with Crippen LogP contribution in [0.3, 0.4) is 0 Å². The van der Waals surface area contributed by atoms with E-state index >= 15 is 0 Å². The first-order valence-electron chi connectivity index (χ1n) is 14.9. The molecule has 0 aliphatic carbocycles. The van der Waals surface area contributed by atoms with E-state index in [1.165, 1.54) is 0 Å². The molecule has 3 rings (SSSR count). The number of benzene rings is 3. The van der Waals surface area contributed by atoms with E-state index in [4.69, 9.17) is 19.9 Å². The second kappa shape index (κ2) is 16.8. The summed E-state index contributed by atoms with van der Waals surface area (Å²) < 4.78 is 16.0. The van der Waals surface area contributed by atoms with Crippen LogP contribution in [0.1, 0.15) is 72.3 Å². The number of hydrogen-bond acceptors (Lipinski definition) is 8. The van der Waals surface area contributed by atoms with Gasteiger partial charge in [0.1, 0.15) is 11.6 Å². The fraction of sp³-hybridized carbons (Fsp3) is 0.353. The highest BCUT2D eigenvalue weighted by Gasteiger charge is 2.18. The molecule has 2 amide bonds. The average Bonchev–Trinajstić information content (AvgIpc) is 2.99. The number of hydrogen-bond donors (Lipinski definition) is 4. The standard InChI is InChI=1S/C34H42N4O7/c1-6-43-31(40)15-13-27-25(17-23(20-39)18-30(27)45-21(3)4)19-36-29-14-8-22(5)16-28(29)33(41)37-26-11-9-24(10-12-26)32(35)38-34(42)44-7-2/h8-12,14,16-18,21,36,39H,6-7,13,15,19-20H2,1-5H3,(H,37,41)(H2,35,38,42). The summed E-state index contributed by atoms with van der Waals surface area (Å²) >= 11 is 0. The van der Waals surface area contributed by atoms with Gasteiger partial charge in [-0.3, -0.25) is 9.59 Å². The Morgan fingerprint density at radius 3 is 2.33 bits per heavy atom. The number of carbonyl (C=O) groups excluding carboxylic acids is 3. The molecule has 11 nitrogen and oxygen atoms in total. The first kappa shape index (κ1) is 34.6. The summed E-state index contributed by atoms with van der Waals surface area (Å²) in [5, 5.41) is 16.2. The van der Waals surface area contributed by atoms with Crippen LogP contribution in [-0.2, 0) is 33.8 Å². The molecule has 0 aromatic heterocycles. The number of aryl methyl sites for hydroxylation is 1. The number of esters is 1. The van der Waals surface area contributed by atoms with Gasteiger partial charge in [0.25, 0.3) is 5.91 Å². The fourth-order valence-corrected chi connectivity index (χ4v) is 4.55. The Balaban J connectivity index is 1.85. The quantitative estimate of drug-likeness (QED) is 0.104. The maximum Gasteiger partial charge on any atom is 0.435 e. The fourth-order valence-electron chi connectivity index (χ4n) is 4.55. The molecule has 0 bridgehead atoms. The Hall–Kier alpha value is -4.90. The molecule has 0 saturated carbocycles. The number of anilines is 2. The smallest absolute Gasteiger partial charge is 0.435 e. The topological polar surface area (TPSA) is 162 Å². The maximum atomic E-state index is 13.5. The monoisotopic (exact) mass is 618 g/mol. The van der Waals surface area contributed by atoms with Crippen LogP contribution in [-0.4, -0.2) is 48.2 Å². The van der Waals surface area contributed by atoms with Crippen molar-refractivity contribution in [3.05, 3.63) is 88.0 Å². The highest BCUT2D eigenvalue weighted by molar-refractivity contribution is 6.08. The molecule has 0 fully saturated rings. The zero-order chi connectivity index (χ0) is 32.9. The van der Waals surface area contributed by atoms with Gasteiger partial charge in [-0.05, 0) is 100 Å². The molecule has 11 heteroatoms. The molecule has 0 atom stereocenters. The number of carbonyl (C=O) groups is 3. The third-order valence-corrected chi connectivity index (χ3v) is 6.60. The van der Waals surface area contributed by atoms with Gasteiger partial charge < -0.3 is 35.7 Å². The Morgan fingerprint density at radius 2 is 1.69 bits per heavy atom. The number of aliphatic imine (C=N–C) groups is 1. The third-order valence-electron chi connectivity index (χ3n) is 6.60. The second-order valence-electron chi connectivity index (χ2n) is 10.5. The van der Waals surface area contributed by atoms with E-state index in [-0.39, 0.29) is 43.5 Å². The maximum absolute atomic E-state index is 13.5. The number of amides is 2. The highest BCUT2D eigenvalue weighted by Crippen LogP contribution is 2.30. The number of aliphatic hydroxyl groups excluding tert-OH is 1. The average molecular weight is 619 g/mol. The minimum absolute atomic E-state index is 0.00495. The third kappa shape index (κ3) is 10.4. The lowest BCUT2D eigenvalue weighted by molar-refractivity contribution is -0.143. The van der Waals surface area contributed by atoms with Gasteiger partial charge >= 0.3 is 12.1 Å². The summed E-state index contributed by atoms with van der Waals surface area (Å²) in [7, 11) is 0. The number of nitrogens with one attached hydrogen (secondary N) is 2. The van der Waals surface area contributed by atoms with Gasteiger partial charge in [-0.1, -0.05) is 17.7 Å². The Labute approximate surface area is 263 Å². The predicted molar refractivity (Wildman–Crippen MR) is 174 cm³/mol. The van der Waals surface area contributed by atoms with E-state index in [9.17, 15) is 19.5 Å². The van der Waals surface area contributed by atoms with E-state index in [1.807, 2.05) is 39.0 Å². The molecule has 0 aliphatic rings. The van der Waals surface area contributed by atoms with Crippen molar-refractivity contribution in [2.45, 2.75) is 66.7 Å². The van der Waals surface area contributed by atoms with Crippen molar-refractivity contribution in [1.29, 1.82) is 0 Å². The van der Waals surface area contributed by atoms with Crippen LogP contribution in [0.15, 0.2) is 59.6 Å². The summed E-state index contributed by atoms with van der Waals surface area (Å²) in [5.41, 5.74) is 11.2. The van der Waals surface area contributed by atoms with Gasteiger partial charge in [0.2, 0.25) is 0 Å². The van der Waals surface area contributed by atoms with Crippen molar-refractivity contribution in [1.82, 2.24) is 0 Å². The Morgan fingerprint density at radius 1 is 0.978 bits per heavy atom. The molecule has 0 unspecified atom stereocenters. The van der Waals surface area contributed by atoms with Crippen molar-refractivity contribution >= 4 is 35.2 Å². The van der Waals surface area contributed by atoms with Crippen LogP contribution in [0, 0.1) is 6.92 Å². The summed E-state index contributed by atoms with van der Waals surface area (Å²) in [6.45, 7) is 9.77. The summed E-state index contributed by atoms with van der Waals surface area (Å²) in [6.07, 6.45) is -0.338. The number of rotatable bonds is 14. The number of aliphatic hydroxyl groups is 1. The van der Waals surface area contributed by atoms with Crippen LogP contribution in [0.4, 0.5) is 16.2 Å². The van der Waals surface area contributed by atoms with E-state index in [0.29, 0.717) is 53.4 Å². The van der Waals surface area contributed by atoms with Crippen molar-refractivity contribution < 1.29 is 33.7 Å². The van der Waals surface area contributed by atoms with Crippen molar-refractivity contribution in [3.63, 3.8) is 0 Å². The number of amidine groups is 1. The Kier molecular flexibility index (Phi) is 12.9. The van der Waals surface area contributed by atoms with Gasteiger partial charge in [-0.2, -0.15) is 4.99 Å². The van der Waals surface area contributed by atoms with Gasteiger partial charge in [0.15, 0.2) is 0 Å². The van der Waals surface area contributed by atoms with Crippen molar-refractivity contribution in [2.75, 3.05) is 23.8 Å². The zero-order valence-corrected chi connectivity index (χ0v) is 26.4. The SMILES string of the molecule is CCOC(=O)CCc1c(CNc2ccc(C)cc2C(=O)Nc2ccc(/C(N)=N/C(=O)OCC)cc2)cc(CO)cc1OC(C)C. The molecular weight excluding hydrogens is 576 g/mol. The van der Waals surface area contributed by atoms with E-state index in [2.05, 4.69) is 15.6 Å². The number of nitrogens with two attached hydrogens (primary N) is 1. The first-order chi connectivity index (χ1) is 21.5. The summed E-state index contributed by atoms with van der Waals surface area (Å²) in [6, 6.07) is 15.8. The molecular formula is C34H42N4O7. The lowest BCUT2D eigenvalue weighted by atomic mass is 9.98. The molecule has 0 aliphatic heterocycles. The molecule has 240 valence electrons. The lowest BCUT2D eigenvalue weighted by Gasteiger charge is -2.20. The molecule has 0 heterocycles. The van der Waals surface area contributed by atoms with Gasteiger partial charge in [-0.25, -0.2) is 4.79 Å². The van der Waals surface area contributed by atoms with E-state index in [0.717, 1.165) is 16.7 Å². The highest BCUT2D eigenvalue weighted by atomic mass is 16.5. The van der Waals surface area contributed by atoms with Gasteiger partial charge in [0, 0.05) is 29.9 Å². The van der Waals surface area contributed by atoms with Crippen molar-refractivity contribution in [3.8, 4) is 5.75 Å². The second-order valence-corrected chi connectivity index (χ2v) is 10.5. The number of nitrogens with zero attached hydrogens (tertiary/aromatic N) is 1. The van der Waals surface area contributed by atoms with Crippen LogP contribution < -0.4 is 21.1 Å². The minimum Gasteiger partial charge on any atom is -0.491 e. The predicted octanol–water partition coefficient (Wildman–Crippen LogP) is 5.50. The van der Waals surface area contributed by atoms with Crippen LogP contribution in [0.25, 0.3) is 0 Å². The van der Waals surface area contributed by atoms with E-state index < -0.39 is 6.09 Å². The van der Waals surface area contributed by atoms with Crippen LogP contribution in [0.2, 0.25) is 0 Å². The molecule has 45 heavy (non-hydrogen) atoms. The minimum atomic E-state index is -0.773. The summed E-state index contributed by atoms with van der Waals surface area (Å²) in [5.74, 6) is -0.0449. The number of ether oxygens (including phenoxy) is 3. The molecule has 0 radical (unpaired) electrons. The molecule has 0 spiro atoms. The van der Waals surface area contributed by atoms with E-state index in [1.54, 1.807) is 50.2 Å². The molecule has 3 aromatic carbocycles. The normalized spacial score (nSPS) is 11.2. The zero-order valence-electron chi connectivity index (χ0n) is 26.4. The molecule has 5 N–H and O–H groups in total. The largest absolute Gasteiger partial charge is 0.491 e. The van der Waals surface area contributed by atoms with Gasteiger partial charge in [0.05, 0.1) is 31.5 Å². The van der Waals surface area contributed by atoms with Crippen LogP contribution >= 0.6 is 0 Å². The molecule has 3 aromatic rings. The van der Waals surface area contributed by atoms with Gasteiger partial charge in [-0.15, -0.1) is 0 Å². The van der Waals surface area contributed by atoms with Crippen LogP contribution in [0.5, 0.6) is 5.75 Å². The lowest BCUT2D eigenvalue weighted by Crippen LogP contribution is -2.17. The molecule has 0 saturated heterocycles. The van der Waals surface area contributed by atoms with Crippen molar-refractivity contribution in [2.24, 2.45) is 10.7 Å². The summed E-state index contributed by atoms with van der Waals surface area (Å²) in [4.78, 5) is 40.9. The first-order valence-corrected chi connectivity index (χ1v) is 14.9.